The normalized spacial score (nSPS) is 31.4. The fourth-order valence-corrected chi connectivity index (χ4v) is 3.76. The van der Waals surface area contributed by atoms with Gasteiger partial charge in [0.25, 0.3) is 0 Å². The summed E-state index contributed by atoms with van der Waals surface area (Å²) in [6, 6.07) is 9.42. The number of rotatable bonds is 4. The molecule has 3 atom stereocenters. The molecule has 1 N–H and O–H groups in total. The highest BCUT2D eigenvalue weighted by Crippen LogP contribution is 2.46. The standard InChI is InChI=1S/C18H27NO/c1-4-19-16-12-17(18(16,2)3)20-15-11-7-9-13-8-5-6-10-14(13)15/h5-6,8,10,15-17,19H,4,7,9,11-12H2,1-3H3. The lowest BCUT2D eigenvalue weighted by Crippen LogP contribution is -2.61. The Bertz CT molecular complexity index is 468. The molecule has 0 spiro atoms. The molecule has 1 aromatic carbocycles. The largest absolute Gasteiger partial charge is 0.370 e. The Balaban J connectivity index is 1.68. The van der Waals surface area contributed by atoms with Gasteiger partial charge in [-0.1, -0.05) is 45.0 Å². The van der Waals surface area contributed by atoms with Crippen molar-refractivity contribution < 1.29 is 4.74 Å². The topological polar surface area (TPSA) is 21.3 Å². The summed E-state index contributed by atoms with van der Waals surface area (Å²) in [6.07, 6.45) is 5.50. The first-order valence-corrected chi connectivity index (χ1v) is 8.09. The third kappa shape index (κ3) is 2.40. The number of ether oxygens (including phenoxy) is 1. The molecule has 110 valence electrons. The molecule has 1 saturated carbocycles. The van der Waals surface area contributed by atoms with Gasteiger partial charge in [-0.2, -0.15) is 0 Å². The van der Waals surface area contributed by atoms with Gasteiger partial charge in [0.2, 0.25) is 0 Å². The van der Waals surface area contributed by atoms with Crippen LogP contribution in [0, 0.1) is 5.41 Å². The van der Waals surface area contributed by atoms with Crippen LogP contribution in [0.25, 0.3) is 0 Å². The highest BCUT2D eigenvalue weighted by atomic mass is 16.5. The van der Waals surface area contributed by atoms with Crippen molar-refractivity contribution in [1.29, 1.82) is 0 Å². The van der Waals surface area contributed by atoms with Crippen LogP contribution in [-0.2, 0) is 11.2 Å². The van der Waals surface area contributed by atoms with E-state index in [1.165, 1.54) is 30.4 Å². The van der Waals surface area contributed by atoms with Crippen LogP contribution in [-0.4, -0.2) is 18.7 Å². The van der Waals surface area contributed by atoms with Crippen molar-refractivity contribution >= 4 is 0 Å². The van der Waals surface area contributed by atoms with Crippen LogP contribution in [0.4, 0.5) is 0 Å². The highest BCUT2D eigenvalue weighted by molar-refractivity contribution is 5.31. The lowest BCUT2D eigenvalue weighted by Gasteiger charge is -2.53. The summed E-state index contributed by atoms with van der Waals surface area (Å²) in [5, 5.41) is 3.58. The molecular formula is C18H27NO. The SMILES string of the molecule is CCNC1CC(OC2CCCc3ccccc32)C1(C)C. The van der Waals surface area contributed by atoms with E-state index in [4.69, 9.17) is 4.74 Å². The van der Waals surface area contributed by atoms with Crippen LogP contribution in [0.15, 0.2) is 24.3 Å². The van der Waals surface area contributed by atoms with Gasteiger partial charge in [0.1, 0.15) is 0 Å². The fourth-order valence-electron chi connectivity index (χ4n) is 3.76. The van der Waals surface area contributed by atoms with E-state index in [-0.39, 0.29) is 5.41 Å². The fraction of sp³-hybridized carbons (Fsp3) is 0.667. The number of fused-ring (bicyclic) bond motifs is 1. The molecular weight excluding hydrogens is 246 g/mol. The molecule has 0 bridgehead atoms. The monoisotopic (exact) mass is 273 g/mol. The molecule has 2 heteroatoms. The number of hydrogen-bond donors (Lipinski definition) is 1. The number of benzene rings is 1. The van der Waals surface area contributed by atoms with Crippen molar-refractivity contribution in [3.63, 3.8) is 0 Å². The molecule has 0 heterocycles. The first-order valence-electron chi connectivity index (χ1n) is 8.09. The van der Waals surface area contributed by atoms with Crippen molar-refractivity contribution in [3.8, 4) is 0 Å². The maximum atomic E-state index is 6.51. The zero-order valence-electron chi connectivity index (χ0n) is 13.0. The molecule has 20 heavy (non-hydrogen) atoms. The zero-order valence-corrected chi connectivity index (χ0v) is 13.0. The average molecular weight is 273 g/mol. The van der Waals surface area contributed by atoms with Gasteiger partial charge in [-0.05, 0) is 43.4 Å². The average Bonchev–Trinajstić information content (AvgIpc) is 2.46. The van der Waals surface area contributed by atoms with Crippen molar-refractivity contribution in [2.75, 3.05) is 6.54 Å². The van der Waals surface area contributed by atoms with Crippen LogP contribution in [0.2, 0.25) is 0 Å². The van der Waals surface area contributed by atoms with E-state index in [0.717, 1.165) is 13.0 Å². The molecule has 0 radical (unpaired) electrons. The number of aryl methyl sites for hydroxylation is 1. The third-order valence-electron chi connectivity index (χ3n) is 5.27. The van der Waals surface area contributed by atoms with Crippen LogP contribution < -0.4 is 5.32 Å². The maximum absolute atomic E-state index is 6.51. The second kappa shape index (κ2) is 5.50. The molecule has 0 saturated heterocycles. The molecule has 0 aromatic heterocycles. The maximum Gasteiger partial charge on any atom is 0.0831 e. The Morgan fingerprint density at radius 3 is 2.85 bits per heavy atom. The molecule has 2 aliphatic carbocycles. The van der Waals surface area contributed by atoms with E-state index in [0.29, 0.717) is 18.2 Å². The predicted molar refractivity (Wildman–Crippen MR) is 82.9 cm³/mol. The van der Waals surface area contributed by atoms with Crippen molar-refractivity contribution in [1.82, 2.24) is 5.32 Å². The van der Waals surface area contributed by atoms with Gasteiger partial charge in [-0.25, -0.2) is 0 Å². The second-order valence-electron chi connectivity index (χ2n) is 6.87. The van der Waals surface area contributed by atoms with Crippen LogP contribution in [0.5, 0.6) is 0 Å². The van der Waals surface area contributed by atoms with E-state index in [9.17, 15) is 0 Å². The van der Waals surface area contributed by atoms with Gasteiger partial charge >= 0.3 is 0 Å². The summed E-state index contributed by atoms with van der Waals surface area (Å²) in [7, 11) is 0. The van der Waals surface area contributed by atoms with Gasteiger partial charge < -0.3 is 10.1 Å². The summed E-state index contributed by atoms with van der Waals surface area (Å²) in [5.41, 5.74) is 3.17. The second-order valence-corrected chi connectivity index (χ2v) is 6.87. The summed E-state index contributed by atoms with van der Waals surface area (Å²) < 4.78 is 6.51. The molecule has 2 aliphatic rings. The molecule has 1 fully saturated rings. The van der Waals surface area contributed by atoms with E-state index >= 15 is 0 Å². The summed E-state index contributed by atoms with van der Waals surface area (Å²) in [5.74, 6) is 0. The smallest absolute Gasteiger partial charge is 0.0831 e. The molecule has 3 rings (SSSR count). The Kier molecular flexibility index (Phi) is 3.87. The summed E-state index contributed by atoms with van der Waals surface area (Å²) in [4.78, 5) is 0. The first kappa shape index (κ1) is 14.1. The number of nitrogens with one attached hydrogen (secondary N) is 1. The summed E-state index contributed by atoms with van der Waals surface area (Å²) in [6.45, 7) is 7.90. The van der Waals surface area contributed by atoms with Crippen LogP contribution >= 0.6 is 0 Å². The van der Waals surface area contributed by atoms with Gasteiger partial charge in [0.15, 0.2) is 0 Å². The van der Waals surface area contributed by atoms with Crippen LogP contribution in [0.1, 0.15) is 57.3 Å². The molecule has 2 nitrogen and oxygen atoms in total. The minimum absolute atomic E-state index is 0.252. The Morgan fingerprint density at radius 2 is 2.10 bits per heavy atom. The Hall–Kier alpha value is -0.860. The third-order valence-corrected chi connectivity index (χ3v) is 5.27. The lowest BCUT2D eigenvalue weighted by molar-refractivity contribution is -0.152. The van der Waals surface area contributed by atoms with E-state index in [1.807, 2.05) is 0 Å². The summed E-state index contributed by atoms with van der Waals surface area (Å²) >= 11 is 0. The Labute approximate surface area is 122 Å². The minimum atomic E-state index is 0.252. The minimum Gasteiger partial charge on any atom is -0.370 e. The van der Waals surface area contributed by atoms with Gasteiger partial charge in [0, 0.05) is 11.5 Å². The first-order chi connectivity index (χ1) is 9.63. The molecule has 3 unspecified atom stereocenters. The van der Waals surface area contributed by atoms with E-state index in [1.54, 1.807) is 0 Å². The molecule has 1 aromatic rings. The van der Waals surface area contributed by atoms with Gasteiger partial charge in [0.05, 0.1) is 12.2 Å². The van der Waals surface area contributed by atoms with Crippen molar-refractivity contribution in [2.24, 2.45) is 5.41 Å². The van der Waals surface area contributed by atoms with Crippen molar-refractivity contribution in [3.05, 3.63) is 35.4 Å². The van der Waals surface area contributed by atoms with E-state index in [2.05, 4.69) is 50.4 Å². The zero-order chi connectivity index (χ0) is 14.2. The van der Waals surface area contributed by atoms with E-state index < -0.39 is 0 Å². The van der Waals surface area contributed by atoms with Gasteiger partial charge in [-0.3, -0.25) is 0 Å². The molecule has 0 amide bonds. The Morgan fingerprint density at radius 1 is 1.30 bits per heavy atom. The highest BCUT2D eigenvalue weighted by Gasteiger charge is 2.49. The van der Waals surface area contributed by atoms with Crippen molar-refractivity contribution in [2.45, 2.75) is 64.7 Å². The molecule has 0 aliphatic heterocycles. The lowest BCUT2D eigenvalue weighted by atomic mass is 9.64. The van der Waals surface area contributed by atoms with Crippen LogP contribution in [0.3, 0.4) is 0 Å². The number of hydrogen-bond acceptors (Lipinski definition) is 2. The predicted octanol–water partition coefficient (Wildman–Crippen LogP) is 3.86. The quantitative estimate of drug-likeness (QED) is 0.899. The van der Waals surface area contributed by atoms with Gasteiger partial charge in [-0.15, -0.1) is 0 Å².